The molecule has 0 amide bonds. The van der Waals surface area contributed by atoms with Gasteiger partial charge in [0.2, 0.25) is 0 Å². The zero-order chi connectivity index (χ0) is 32.3. The fourth-order valence-electron chi connectivity index (χ4n) is 6.92. The minimum atomic E-state index is 0.628. The summed E-state index contributed by atoms with van der Waals surface area (Å²) >= 11 is 0. The van der Waals surface area contributed by atoms with Gasteiger partial charge in [-0.3, -0.25) is 4.98 Å². The van der Waals surface area contributed by atoms with E-state index in [9.17, 15) is 0 Å². The van der Waals surface area contributed by atoms with Crippen molar-refractivity contribution < 1.29 is 4.42 Å². The predicted octanol–water partition coefficient (Wildman–Crippen LogP) is 11.3. The summed E-state index contributed by atoms with van der Waals surface area (Å²) in [5.74, 6) is 1.90. The third-order valence-electron chi connectivity index (χ3n) is 9.32. The molecule has 0 spiro atoms. The van der Waals surface area contributed by atoms with Gasteiger partial charge in [-0.05, 0) is 62.6 Å². The molecule has 0 aliphatic carbocycles. The zero-order valence-corrected chi connectivity index (χ0v) is 26.2. The fourth-order valence-corrected chi connectivity index (χ4v) is 6.92. The molecular weight excluding hydrogens is 601 g/mol. The Hall–Kier alpha value is -6.72. The van der Waals surface area contributed by atoms with E-state index in [0.29, 0.717) is 17.5 Å². The van der Waals surface area contributed by atoms with E-state index in [1.807, 2.05) is 42.6 Å². The second-order valence-electron chi connectivity index (χ2n) is 12.3. The van der Waals surface area contributed by atoms with Crippen molar-refractivity contribution >= 4 is 54.3 Å². The highest BCUT2D eigenvalue weighted by molar-refractivity contribution is 6.15. The van der Waals surface area contributed by atoms with Crippen LogP contribution >= 0.6 is 0 Å². The highest BCUT2D eigenvalue weighted by Crippen LogP contribution is 2.39. The maximum atomic E-state index is 6.34. The summed E-state index contributed by atoms with van der Waals surface area (Å²) < 4.78 is 6.34. The van der Waals surface area contributed by atoms with E-state index in [2.05, 4.69) is 115 Å². The largest absolute Gasteiger partial charge is 0.456 e. The Bertz CT molecular complexity index is 2890. The smallest absolute Gasteiger partial charge is 0.164 e. The highest BCUT2D eigenvalue weighted by Gasteiger charge is 2.18. The number of nitrogens with zero attached hydrogens (tertiary/aromatic N) is 4. The first-order valence-electron chi connectivity index (χ1n) is 16.3. The highest BCUT2D eigenvalue weighted by atomic mass is 16.3. The van der Waals surface area contributed by atoms with Gasteiger partial charge in [-0.15, -0.1) is 0 Å². The maximum Gasteiger partial charge on any atom is 0.164 e. The van der Waals surface area contributed by atoms with Crippen molar-refractivity contribution in [2.45, 2.75) is 0 Å². The first kappa shape index (κ1) is 27.4. The van der Waals surface area contributed by atoms with Crippen LogP contribution in [0.25, 0.3) is 99.7 Å². The molecule has 7 aromatic carbocycles. The molecule has 0 radical (unpaired) electrons. The average Bonchev–Trinajstić information content (AvgIpc) is 3.54. The standard InChI is InChI=1S/C44H26N4O/c1-2-10-28(11-3-1)42-46-43(34-18-17-27-9-4-5-12-29(27)23-34)48-44(47-42)36-16-8-15-32-24-33(19-20-35(32)36)41-40-37-25-30-13-6-7-14-31(30)26-39(37)49-38(40)21-22-45-41/h1-26H. The molecule has 0 unspecified atom stereocenters. The number of furan rings is 1. The molecule has 10 aromatic rings. The van der Waals surface area contributed by atoms with Gasteiger partial charge in [-0.2, -0.15) is 0 Å². The number of hydrogen-bond donors (Lipinski definition) is 0. The van der Waals surface area contributed by atoms with Crippen LogP contribution in [0.3, 0.4) is 0 Å². The van der Waals surface area contributed by atoms with Gasteiger partial charge in [-0.25, -0.2) is 15.0 Å². The second kappa shape index (κ2) is 10.9. The lowest BCUT2D eigenvalue weighted by atomic mass is 9.98. The van der Waals surface area contributed by atoms with Crippen molar-refractivity contribution in [3.63, 3.8) is 0 Å². The Balaban J connectivity index is 1.14. The van der Waals surface area contributed by atoms with Crippen LogP contribution in [-0.4, -0.2) is 19.9 Å². The summed E-state index contributed by atoms with van der Waals surface area (Å²) in [6, 6.07) is 52.2. The Morgan fingerprint density at radius 1 is 0.388 bits per heavy atom. The molecule has 0 atom stereocenters. The van der Waals surface area contributed by atoms with E-state index < -0.39 is 0 Å². The fraction of sp³-hybridized carbons (Fsp3) is 0. The van der Waals surface area contributed by atoms with Crippen molar-refractivity contribution in [3.05, 3.63) is 158 Å². The molecule has 0 fully saturated rings. The molecule has 228 valence electrons. The SMILES string of the molecule is c1ccc(-c2nc(-c3ccc4ccccc4c3)nc(-c3cccc4cc(-c5nccc6oc7cc8ccccc8cc7c56)ccc34)n2)cc1. The van der Waals surface area contributed by atoms with Crippen molar-refractivity contribution in [2.24, 2.45) is 0 Å². The molecule has 5 nitrogen and oxygen atoms in total. The summed E-state index contributed by atoms with van der Waals surface area (Å²) in [4.78, 5) is 20.0. The van der Waals surface area contributed by atoms with Gasteiger partial charge < -0.3 is 4.42 Å². The van der Waals surface area contributed by atoms with Crippen LogP contribution in [0.4, 0.5) is 0 Å². The Morgan fingerprint density at radius 3 is 1.88 bits per heavy atom. The molecule has 0 saturated carbocycles. The van der Waals surface area contributed by atoms with Gasteiger partial charge in [0.1, 0.15) is 11.2 Å². The first-order valence-corrected chi connectivity index (χ1v) is 16.3. The van der Waals surface area contributed by atoms with Crippen LogP contribution in [-0.2, 0) is 0 Å². The Kier molecular flexibility index (Phi) is 6.11. The molecule has 10 rings (SSSR count). The number of benzene rings is 7. The van der Waals surface area contributed by atoms with Gasteiger partial charge in [0.15, 0.2) is 17.5 Å². The molecule has 0 N–H and O–H groups in total. The normalized spacial score (nSPS) is 11.7. The Labute approximate surface area is 281 Å². The van der Waals surface area contributed by atoms with E-state index in [0.717, 1.165) is 71.4 Å². The Morgan fingerprint density at radius 2 is 1.04 bits per heavy atom. The van der Waals surface area contributed by atoms with Crippen molar-refractivity contribution in [3.8, 4) is 45.4 Å². The van der Waals surface area contributed by atoms with Gasteiger partial charge in [0, 0.05) is 33.8 Å². The van der Waals surface area contributed by atoms with Crippen LogP contribution in [0.15, 0.2) is 162 Å². The molecule has 3 aromatic heterocycles. The monoisotopic (exact) mass is 626 g/mol. The number of rotatable bonds is 4. The molecule has 5 heteroatoms. The quantitative estimate of drug-likeness (QED) is 0.194. The summed E-state index contributed by atoms with van der Waals surface area (Å²) in [6.45, 7) is 0. The second-order valence-corrected chi connectivity index (χ2v) is 12.3. The van der Waals surface area contributed by atoms with E-state index in [1.165, 1.54) is 10.8 Å². The minimum Gasteiger partial charge on any atom is -0.456 e. The molecular formula is C44H26N4O. The summed E-state index contributed by atoms with van der Waals surface area (Å²) in [5.41, 5.74) is 6.42. The van der Waals surface area contributed by atoms with E-state index >= 15 is 0 Å². The van der Waals surface area contributed by atoms with Gasteiger partial charge in [-0.1, -0.05) is 121 Å². The van der Waals surface area contributed by atoms with Gasteiger partial charge >= 0.3 is 0 Å². The summed E-state index contributed by atoms with van der Waals surface area (Å²) in [6.07, 6.45) is 1.82. The van der Waals surface area contributed by atoms with Crippen molar-refractivity contribution in [2.75, 3.05) is 0 Å². The summed E-state index contributed by atoms with van der Waals surface area (Å²) in [5, 5.41) is 8.84. The zero-order valence-electron chi connectivity index (χ0n) is 26.2. The topological polar surface area (TPSA) is 64.7 Å². The van der Waals surface area contributed by atoms with E-state index in [1.54, 1.807) is 0 Å². The van der Waals surface area contributed by atoms with Crippen LogP contribution in [0.5, 0.6) is 0 Å². The lowest BCUT2D eigenvalue weighted by molar-refractivity contribution is 0.669. The van der Waals surface area contributed by atoms with Gasteiger partial charge in [0.05, 0.1) is 11.1 Å². The molecule has 0 saturated heterocycles. The van der Waals surface area contributed by atoms with Crippen LogP contribution in [0.2, 0.25) is 0 Å². The van der Waals surface area contributed by atoms with E-state index in [4.69, 9.17) is 24.4 Å². The molecule has 0 aliphatic heterocycles. The minimum absolute atomic E-state index is 0.628. The molecule has 0 bridgehead atoms. The lowest BCUT2D eigenvalue weighted by Gasteiger charge is -2.12. The molecule has 49 heavy (non-hydrogen) atoms. The molecule has 3 heterocycles. The van der Waals surface area contributed by atoms with E-state index in [-0.39, 0.29) is 0 Å². The number of fused-ring (bicyclic) bond motifs is 6. The van der Waals surface area contributed by atoms with Gasteiger partial charge in [0.25, 0.3) is 0 Å². The number of aromatic nitrogens is 4. The predicted molar refractivity (Wildman–Crippen MR) is 199 cm³/mol. The van der Waals surface area contributed by atoms with Crippen LogP contribution in [0.1, 0.15) is 0 Å². The van der Waals surface area contributed by atoms with Crippen LogP contribution < -0.4 is 0 Å². The number of hydrogen-bond acceptors (Lipinski definition) is 5. The third-order valence-corrected chi connectivity index (χ3v) is 9.32. The lowest BCUT2D eigenvalue weighted by Crippen LogP contribution is -2.00. The average molecular weight is 627 g/mol. The van der Waals surface area contributed by atoms with Crippen molar-refractivity contribution in [1.82, 2.24) is 19.9 Å². The first-order chi connectivity index (χ1) is 24.2. The molecule has 0 aliphatic rings. The third kappa shape index (κ3) is 4.63. The maximum absolute atomic E-state index is 6.34. The summed E-state index contributed by atoms with van der Waals surface area (Å²) in [7, 11) is 0. The van der Waals surface area contributed by atoms with Crippen LogP contribution in [0, 0.1) is 0 Å². The van der Waals surface area contributed by atoms with Crippen molar-refractivity contribution in [1.29, 1.82) is 0 Å². The number of pyridine rings is 1.